The number of methoxy groups -OCH3 is 2. The van der Waals surface area contributed by atoms with Gasteiger partial charge in [-0.25, -0.2) is 14.6 Å². The molecule has 0 aliphatic heterocycles. The van der Waals surface area contributed by atoms with Crippen LogP contribution in [-0.4, -0.2) is 44.4 Å². The summed E-state index contributed by atoms with van der Waals surface area (Å²) in [6.45, 7) is 0. The van der Waals surface area contributed by atoms with Gasteiger partial charge in [-0.15, -0.1) is 0 Å². The van der Waals surface area contributed by atoms with Gasteiger partial charge >= 0.3 is 11.9 Å². The second-order valence-electron chi connectivity index (χ2n) is 3.74. The van der Waals surface area contributed by atoms with Crippen molar-refractivity contribution in [3.8, 4) is 0 Å². The fourth-order valence-electron chi connectivity index (χ4n) is 1.31. The Hall–Kier alpha value is -2.63. The predicted octanol–water partition coefficient (Wildman–Crippen LogP) is 1.51. The largest absolute Gasteiger partial charge is 0.466 e. The Balaban J connectivity index is 2.91. The van der Waals surface area contributed by atoms with Crippen LogP contribution in [0.1, 0.15) is 0 Å². The third-order valence-corrected chi connectivity index (χ3v) is 2.37. The third kappa shape index (κ3) is 4.56. The number of rotatable bonds is 5. The Kier molecular flexibility index (Phi) is 5.96. The van der Waals surface area contributed by atoms with E-state index in [4.69, 9.17) is 0 Å². The summed E-state index contributed by atoms with van der Waals surface area (Å²) in [5, 5.41) is 0. The molecule has 0 N–H and O–H groups in total. The lowest BCUT2D eigenvalue weighted by Gasteiger charge is -2.14. The van der Waals surface area contributed by atoms with Gasteiger partial charge in [0.15, 0.2) is 0 Å². The molecular formula is C14H16N2O4. The van der Waals surface area contributed by atoms with Gasteiger partial charge in [0, 0.05) is 7.05 Å². The highest BCUT2D eigenvalue weighted by atomic mass is 16.5. The zero-order valence-corrected chi connectivity index (χ0v) is 11.6. The van der Waals surface area contributed by atoms with Crippen molar-refractivity contribution in [3.63, 3.8) is 0 Å². The average molecular weight is 276 g/mol. The lowest BCUT2D eigenvalue weighted by atomic mass is 10.3. The van der Waals surface area contributed by atoms with Crippen LogP contribution in [0.15, 0.2) is 47.1 Å². The Morgan fingerprint density at radius 3 is 2.35 bits per heavy atom. The fraction of sp³-hybridized carbons (Fsp3) is 0.214. The number of ether oxygens (including phenoxy) is 2. The summed E-state index contributed by atoms with van der Waals surface area (Å²) >= 11 is 0. The number of nitrogens with zero attached hydrogens (tertiary/aromatic N) is 2. The van der Waals surface area contributed by atoms with Crippen molar-refractivity contribution in [2.45, 2.75) is 0 Å². The molecule has 1 aromatic carbocycles. The summed E-state index contributed by atoms with van der Waals surface area (Å²) in [4.78, 5) is 28.4. The van der Waals surface area contributed by atoms with E-state index in [-0.39, 0.29) is 5.70 Å². The molecule has 0 amide bonds. The summed E-state index contributed by atoms with van der Waals surface area (Å²) in [6.07, 6.45) is 2.46. The maximum atomic E-state index is 11.6. The molecule has 0 atom stereocenters. The van der Waals surface area contributed by atoms with Crippen molar-refractivity contribution < 1.29 is 19.1 Å². The topological polar surface area (TPSA) is 68.2 Å². The number of hydrogen-bond acceptors (Lipinski definition) is 5. The molecule has 0 fully saturated rings. The van der Waals surface area contributed by atoms with E-state index in [1.54, 1.807) is 7.05 Å². The van der Waals surface area contributed by atoms with Crippen molar-refractivity contribution in [1.82, 2.24) is 4.90 Å². The average Bonchev–Trinajstić information content (AvgIpc) is 2.50. The van der Waals surface area contributed by atoms with Gasteiger partial charge in [-0.05, 0) is 12.1 Å². The first kappa shape index (κ1) is 15.4. The van der Waals surface area contributed by atoms with E-state index in [1.165, 1.54) is 25.5 Å². The van der Waals surface area contributed by atoms with Gasteiger partial charge in [0.05, 0.1) is 32.3 Å². The van der Waals surface area contributed by atoms with E-state index < -0.39 is 11.9 Å². The highest BCUT2D eigenvalue weighted by Gasteiger charge is 2.15. The first-order valence-corrected chi connectivity index (χ1v) is 5.78. The number of carbonyl (C=O) groups excluding carboxylic acids is 2. The van der Waals surface area contributed by atoms with Crippen molar-refractivity contribution >= 4 is 24.0 Å². The number of para-hydroxylation sites is 1. The molecule has 0 saturated carbocycles. The molecule has 0 saturated heterocycles. The van der Waals surface area contributed by atoms with Crippen molar-refractivity contribution in [2.75, 3.05) is 21.3 Å². The Morgan fingerprint density at radius 2 is 1.80 bits per heavy atom. The van der Waals surface area contributed by atoms with Crippen molar-refractivity contribution in [1.29, 1.82) is 0 Å². The molecule has 0 aliphatic rings. The maximum Gasteiger partial charge on any atom is 0.354 e. The Labute approximate surface area is 117 Å². The lowest BCUT2D eigenvalue weighted by molar-refractivity contribution is -0.139. The monoisotopic (exact) mass is 276 g/mol. The fourth-order valence-corrected chi connectivity index (χ4v) is 1.31. The molecule has 0 radical (unpaired) electrons. The van der Waals surface area contributed by atoms with E-state index in [0.717, 1.165) is 11.8 Å². The van der Waals surface area contributed by atoms with Crippen molar-refractivity contribution in [2.24, 2.45) is 4.99 Å². The van der Waals surface area contributed by atoms with Gasteiger partial charge in [0.25, 0.3) is 0 Å². The molecule has 1 aromatic rings. The summed E-state index contributed by atoms with van der Waals surface area (Å²) < 4.78 is 9.11. The van der Waals surface area contributed by atoms with E-state index >= 15 is 0 Å². The minimum absolute atomic E-state index is 0.0269. The molecule has 0 unspecified atom stereocenters. The number of benzene rings is 1. The smallest absolute Gasteiger partial charge is 0.354 e. The molecule has 0 aromatic heterocycles. The predicted molar refractivity (Wildman–Crippen MR) is 74.5 cm³/mol. The van der Waals surface area contributed by atoms with Crippen LogP contribution in [-0.2, 0) is 19.1 Å². The summed E-state index contributed by atoms with van der Waals surface area (Å²) in [5.41, 5.74) is 0.751. The Bertz CT molecular complexity index is 523. The van der Waals surface area contributed by atoms with Crippen molar-refractivity contribution in [3.05, 3.63) is 42.1 Å². The number of likely N-dealkylation sites (N-methyl/N-ethyl adjacent to an activating group) is 1. The number of esters is 2. The van der Waals surface area contributed by atoms with Crippen LogP contribution in [0.4, 0.5) is 5.69 Å². The molecule has 0 heterocycles. The van der Waals surface area contributed by atoms with Crippen LogP contribution in [0, 0.1) is 0 Å². The SMILES string of the molecule is COC(=O)/C=C(\C(=O)OC)N(C)C=Nc1ccccc1. The summed E-state index contributed by atoms with van der Waals surface area (Å²) in [5.74, 6) is -1.30. The molecular weight excluding hydrogens is 260 g/mol. The van der Waals surface area contributed by atoms with Gasteiger partial charge in [0.2, 0.25) is 0 Å². The molecule has 0 bridgehead atoms. The van der Waals surface area contributed by atoms with Crippen LogP contribution in [0.2, 0.25) is 0 Å². The van der Waals surface area contributed by atoms with Crippen LogP contribution in [0.25, 0.3) is 0 Å². The van der Waals surface area contributed by atoms with Crippen LogP contribution in [0.3, 0.4) is 0 Å². The minimum atomic E-state index is -0.655. The van der Waals surface area contributed by atoms with E-state index in [2.05, 4.69) is 14.5 Å². The maximum absolute atomic E-state index is 11.6. The number of carbonyl (C=O) groups is 2. The van der Waals surface area contributed by atoms with Crippen LogP contribution in [0.5, 0.6) is 0 Å². The first-order chi connectivity index (χ1) is 9.58. The second-order valence-corrected chi connectivity index (χ2v) is 3.74. The molecule has 0 spiro atoms. The van der Waals surface area contributed by atoms with Gasteiger partial charge in [0.1, 0.15) is 5.70 Å². The Morgan fingerprint density at radius 1 is 1.15 bits per heavy atom. The zero-order chi connectivity index (χ0) is 15.0. The highest BCUT2D eigenvalue weighted by molar-refractivity contribution is 5.97. The molecule has 6 heteroatoms. The standard InChI is InChI=1S/C14H16N2O4/c1-16(10-15-11-7-5-4-6-8-11)12(14(18)20-3)9-13(17)19-2/h4-10H,1-3H3/b12-9+,15-10?. The van der Waals surface area contributed by atoms with Gasteiger partial charge in [-0.1, -0.05) is 18.2 Å². The summed E-state index contributed by atoms with van der Waals surface area (Å²) in [7, 11) is 4.04. The molecule has 20 heavy (non-hydrogen) atoms. The highest BCUT2D eigenvalue weighted by Crippen LogP contribution is 2.10. The van der Waals surface area contributed by atoms with E-state index in [0.29, 0.717) is 0 Å². The zero-order valence-electron chi connectivity index (χ0n) is 11.6. The van der Waals surface area contributed by atoms with Gasteiger partial charge in [-0.2, -0.15) is 0 Å². The van der Waals surface area contributed by atoms with Gasteiger partial charge in [-0.3, -0.25) is 0 Å². The normalized spacial score (nSPS) is 11.2. The quantitative estimate of drug-likeness (QED) is 0.353. The van der Waals surface area contributed by atoms with E-state index in [9.17, 15) is 9.59 Å². The third-order valence-electron chi connectivity index (χ3n) is 2.37. The minimum Gasteiger partial charge on any atom is -0.466 e. The number of aliphatic imine (C=N–C) groups is 1. The molecule has 106 valence electrons. The first-order valence-electron chi connectivity index (χ1n) is 5.78. The summed E-state index contributed by atoms with van der Waals surface area (Å²) in [6, 6.07) is 9.19. The lowest BCUT2D eigenvalue weighted by Crippen LogP contribution is -2.24. The van der Waals surface area contributed by atoms with Crippen LogP contribution >= 0.6 is 0 Å². The molecule has 6 nitrogen and oxygen atoms in total. The van der Waals surface area contributed by atoms with Crippen LogP contribution < -0.4 is 0 Å². The van der Waals surface area contributed by atoms with Gasteiger partial charge < -0.3 is 14.4 Å². The second kappa shape index (κ2) is 7.73. The molecule has 0 aliphatic carbocycles. The molecule has 1 rings (SSSR count). The van der Waals surface area contributed by atoms with E-state index in [1.807, 2.05) is 30.3 Å². The number of hydrogen-bond donors (Lipinski definition) is 0.